The zero-order valence-corrected chi connectivity index (χ0v) is 18.5. The number of rotatable bonds is 7. The summed E-state index contributed by atoms with van der Waals surface area (Å²) >= 11 is 3.41. The van der Waals surface area contributed by atoms with E-state index >= 15 is 0 Å². The fraction of sp³-hybridized carbons (Fsp3) is 0.381. The van der Waals surface area contributed by atoms with Crippen molar-refractivity contribution in [3.8, 4) is 0 Å². The van der Waals surface area contributed by atoms with Crippen molar-refractivity contribution in [3.05, 3.63) is 70.2 Å². The van der Waals surface area contributed by atoms with E-state index in [2.05, 4.69) is 15.9 Å². The van der Waals surface area contributed by atoms with Crippen LogP contribution in [0.5, 0.6) is 0 Å². The lowest BCUT2D eigenvalue weighted by atomic mass is 9.84. The Balaban J connectivity index is 1.80. The summed E-state index contributed by atoms with van der Waals surface area (Å²) in [7, 11) is -4.32. The first-order valence-corrected chi connectivity index (χ1v) is 11.8. The molecule has 2 aromatic carbocycles. The van der Waals surface area contributed by atoms with Crippen LogP contribution in [0.25, 0.3) is 0 Å². The molecule has 1 aliphatic heterocycles. The van der Waals surface area contributed by atoms with Crippen molar-refractivity contribution in [2.45, 2.75) is 37.8 Å². The van der Waals surface area contributed by atoms with Crippen molar-refractivity contribution in [2.24, 2.45) is 0 Å². The SMILES string of the molecule is C[C@@H](c1ccc(Br)cc1)N1CC[C@@](CCCS(=O)(=O)[O-])(c2ccccc2)OC1=O. The number of hydrogen-bond acceptors (Lipinski definition) is 5. The number of hydrogen-bond donors (Lipinski definition) is 0. The summed E-state index contributed by atoms with van der Waals surface area (Å²) in [6.07, 6.45) is 0.490. The van der Waals surface area contributed by atoms with Gasteiger partial charge in [-0.2, -0.15) is 0 Å². The van der Waals surface area contributed by atoms with E-state index in [4.69, 9.17) is 4.74 Å². The van der Waals surface area contributed by atoms with Gasteiger partial charge >= 0.3 is 6.09 Å². The summed E-state index contributed by atoms with van der Waals surface area (Å²) in [6, 6.07) is 16.9. The summed E-state index contributed by atoms with van der Waals surface area (Å²) in [4.78, 5) is 14.6. The van der Waals surface area contributed by atoms with Crippen LogP contribution < -0.4 is 0 Å². The maximum atomic E-state index is 12.9. The minimum absolute atomic E-state index is 0.135. The van der Waals surface area contributed by atoms with Crippen LogP contribution in [0.4, 0.5) is 4.79 Å². The predicted octanol–water partition coefficient (Wildman–Crippen LogP) is 4.57. The Kier molecular flexibility index (Phi) is 6.65. The van der Waals surface area contributed by atoms with Gasteiger partial charge in [-0.15, -0.1) is 0 Å². The second-order valence-corrected chi connectivity index (χ2v) is 9.70. The third-order valence-electron chi connectivity index (χ3n) is 5.37. The van der Waals surface area contributed by atoms with E-state index < -0.39 is 27.6 Å². The molecular formula is C21H23BrNO5S-. The molecule has 156 valence electrons. The van der Waals surface area contributed by atoms with Gasteiger partial charge in [0.05, 0.1) is 16.2 Å². The van der Waals surface area contributed by atoms with E-state index in [-0.39, 0.29) is 18.9 Å². The minimum atomic E-state index is -4.32. The quantitative estimate of drug-likeness (QED) is 0.541. The highest BCUT2D eigenvalue weighted by atomic mass is 79.9. The predicted molar refractivity (Wildman–Crippen MR) is 112 cm³/mol. The van der Waals surface area contributed by atoms with Crippen LogP contribution in [0.2, 0.25) is 0 Å². The number of benzene rings is 2. The second kappa shape index (κ2) is 8.85. The molecule has 29 heavy (non-hydrogen) atoms. The average molecular weight is 481 g/mol. The lowest BCUT2D eigenvalue weighted by Gasteiger charge is -2.43. The van der Waals surface area contributed by atoms with Gasteiger partial charge in [-0.3, -0.25) is 0 Å². The molecule has 2 aromatic rings. The van der Waals surface area contributed by atoms with E-state index in [9.17, 15) is 17.8 Å². The Morgan fingerprint density at radius 3 is 2.41 bits per heavy atom. The largest absolute Gasteiger partial charge is 0.748 e. The van der Waals surface area contributed by atoms with Crippen LogP contribution in [-0.4, -0.2) is 36.3 Å². The number of ether oxygens (including phenoxy) is 1. The highest BCUT2D eigenvalue weighted by molar-refractivity contribution is 9.10. The molecule has 1 fully saturated rings. The van der Waals surface area contributed by atoms with Crippen molar-refractivity contribution in [2.75, 3.05) is 12.3 Å². The Morgan fingerprint density at radius 2 is 1.83 bits per heavy atom. The Labute approximate surface area is 179 Å². The monoisotopic (exact) mass is 480 g/mol. The molecule has 0 saturated carbocycles. The standard InChI is InChI=1S/C21H24BrNO5S/c1-16(17-8-10-19(22)11-9-17)23-14-13-21(28-20(23)24,12-5-15-29(25,26)27)18-6-3-2-4-7-18/h2-4,6-11,16H,5,12-15H2,1H3,(H,25,26,27)/p-1/t16-,21-/m0/s1. The van der Waals surface area contributed by atoms with Crippen LogP contribution in [-0.2, 0) is 20.5 Å². The molecule has 1 amide bonds. The number of amides is 1. The van der Waals surface area contributed by atoms with Gasteiger partial charge < -0.3 is 14.2 Å². The zero-order valence-electron chi connectivity index (χ0n) is 16.1. The van der Waals surface area contributed by atoms with Gasteiger partial charge in [-0.1, -0.05) is 58.4 Å². The van der Waals surface area contributed by atoms with Crippen LogP contribution in [0, 0.1) is 0 Å². The van der Waals surface area contributed by atoms with E-state index in [1.807, 2.05) is 61.5 Å². The van der Waals surface area contributed by atoms with Gasteiger partial charge in [-0.05, 0) is 43.0 Å². The Bertz CT molecular complexity index is 949. The molecule has 2 atom stereocenters. The molecule has 1 heterocycles. The molecule has 0 spiro atoms. The minimum Gasteiger partial charge on any atom is -0.748 e. The smallest absolute Gasteiger partial charge is 0.411 e. The normalized spacial score (nSPS) is 20.9. The zero-order chi connectivity index (χ0) is 21.1. The first kappa shape index (κ1) is 21.8. The molecule has 0 radical (unpaired) electrons. The van der Waals surface area contributed by atoms with Gasteiger partial charge in [-0.25, -0.2) is 13.2 Å². The molecule has 1 saturated heterocycles. The Morgan fingerprint density at radius 1 is 1.17 bits per heavy atom. The third kappa shape index (κ3) is 5.38. The molecule has 0 unspecified atom stereocenters. The number of cyclic esters (lactones) is 1. The maximum Gasteiger partial charge on any atom is 0.411 e. The molecule has 3 rings (SSSR count). The number of halogens is 1. The number of carbonyl (C=O) groups is 1. The van der Waals surface area contributed by atoms with Crippen LogP contribution in [0.3, 0.4) is 0 Å². The van der Waals surface area contributed by atoms with Crippen LogP contribution in [0.15, 0.2) is 59.1 Å². The maximum absolute atomic E-state index is 12.9. The fourth-order valence-electron chi connectivity index (χ4n) is 3.74. The Hall–Kier alpha value is -1.90. The van der Waals surface area contributed by atoms with Gasteiger partial charge in [0.2, 0.25) is 0 Å². The van der Waals surface area contributed by atoms with E-state index in [1.165, 1.54) is 0 Å². The lowest BCUT2D eigenvalue weighted by molar-refractivity contribution is -0.0657. The summed E-state index contributed by atoms with van der Waals surface area (Å²) in [5.74, 6) is -0.474. The van der Waals surface area contributed by atoms with Gasteiger partial charge in [0, 0.05) is 23.2 Å². The van der Waals surface area contributed by atoms with Crippen molar-refractivity contribution in [1.82, 2.24) is 4.90 Å². The van der Waals surface area contributed by atoms with Crippen LogP contribution >= 0.6 is 15.9 Å². The highest BCUT2D eigenvalue weighted by Gasteiger charge is 2.43. The van der Waals surface area contributed by atoms with Gasteiger partial charge in [0.1, 0.15) is 5.60 Å². The highest BCUT2D eigenvalue weighted by Crippen LogP contribution is 2.40. The molecule has 0 aromatic heterocycles. The van der Waals surface area contributed by atoms with E-state index in [0.717, 1.165) is 15.6 Å². The third-order valence-corrected chi connectivity index (χ3v) is 6.69. The summed E-state index contributed by atoms with van der Waals surface area (Å²) < 4.78 is 40.0. The van der Waals surface area contributed by atoms with Crippen LogP contribution in [0.1, 0.15) is 43.4 Å². The number of carbonyl (C=O) groups excluding carboxylic acids is 1. The molecule has 0 bridgehead atoms. The lowest BCUT2D eigenvalue weighted by Crippen LogP contribution is -2.48. The molecule has 6 nitrogen and oxygen atoms in total. The molecule has 0 aliphatic carbocycles. The molecule has 0 N–H and O–H groups in total. The van der Waals surface area contributed by atoms with Crippen molar-refractivity contribution in [3.63, 3.8) is 0 Å². The van der Waals surface area contributed by atoms with Gasteiger partial charge in [0.25, 0.3) is 0 Å². The molecule has 1 aliphatic rings. The topological polar surface area (TPSA) is 86.7 Å². The second-order valence-electron chi connectivity index (χ2n) is 7.26. The van der Waals surface area contributed by atoms with Crippen molar-refractivity contribution in [1.29, 1.82) is 0 Å². The first-order valence-electron chi connectivity index (χ1n) is 9.44. The molecule has 8 heteroatoms. The summed E-state index contributed by atoms with van der Waals surface area (Å²) in [5, 5.41) is 0. The molecular weight excluding hydrogens is 458 g/mol. The summed E-state index contributed by atoms with van der Waals surface area (Å²) in [6.45, 7) is 2.42. The summed E-state index contributed by atoms with van der Waals surface area (Å²) in [5.41, 5.74) is 0.876. The van der Waals surface area contributed by atoms with Gasteiger partial charge in [0.15, 0.2) is 0 Å². The average Bonchev–Trinajstić information content (AvgIpc) is 2.68. The van der Waals surface area contributed by atoms with Crippen molar-refractivity contribution < 1.29 is 22.5 Å². The fourth-order valence-corrected chi connectivity index (χ4v) is 4.50. The van der Waals surface area contributed by atoms with E-state index in [0.29, 0.717) is 13.0 Å². The van der Waals surface area contributed by atoms with E-state index in [1.54, 1.807) is 4.90 Å². The first-order chi connectivity index (χ1) is 13.7. The number of nitrogens with zero attached hydrogens (tertiary/aromatic N) is 1. The van der Waals surface area contributed by atoms with Crippen molar-refractivity contribution >= 4 is 32.1 Å².